The number of rotatable bonds is 14. The number of carbonyl (C=O) groups excluding carboxylic acids is 4. The fraction of sp³-hybridized carbons (Fsp3) is 0.474. The minimum absolute atomic E-state index is 0.0313. The predicted octanol–water partition coefficient (Wildman–Crippen LogP) is 0.183. The fourth-order valence-electron chi connectivity index (χ4n) is 2.34. The van der Waals surface area contributed by atoms with Crippen molar-refractivity contribution in [2.45, 2.75) is 32.2 Å². The van der Waals surface area contributed by atoms with Crippen molar-refractivity contribution < 1.29 is 19.2 Å². The van der Waals surface area contributed by atoms with E-state index >= 15 is 0 Å². The molecule has 4 amide bonds. The van der Waals surface area contributed by atoms with Crippen molar-refractivity contribution in [3.63, 3.8) is 0 Å². The molecule has 0 spiro atoms. The summed E-state index contributed by atoms with van der Waals surface area (Å²) in [5.74, 6) is 0.467. The topological polar surface area (TPSA) is 116 Å². The first-order chi connectivity index (χ1) is 13.6. The van der Waals surface area contributed by atoms with Gasteiger partial charge < -0.3 is 21.3 Å². The zero-order valence-electron chi connectivity index (χ0n) is 16.0. The van der Waals surface area contributed by atoms with Crippen LogP contribution < -0.4 is 21.3 Å². The highest BCUT2D eigenvalue weighted by atomic mass is 32.2. The van der Waals surface area contributed by atoms with Crippen LogP contribution in [0.15, 0.2) is 30.3 Å². The number of hydrogen-bond donors (Lipinski definition) is 4. The molecule has 154 valence electrons. The molecule has 1 unspecified atom stereocenters. The van der Waals surface area contributed by atoms with Crippen molar-refractivity contribution in [3.05, 3.63) is 35.9 Å². The zero-order valence-corrected chi connectivity index (χ0v) is 16.8. The first-order valence-electron chi connectivity index (χ1n) is 9.19. The summed E-state index contributed by atoms with van der Waals surface area (Å²) >= 11 is 1.51. The zero-order chi connectivity index (χ0) is 20.6. The first kappa shape index (κ1) is 23.5. The molecule has 1 rings (SSSR count). The second-order valence-electron chi connectivity index (χ2n) is 5.95. The van der Waals surface area contributed by atoms with Crippen molar-refractivity contribution in [2.75, 3.05) is 24.7 Å². The lowest BCUT2D eigenvalue weighted by molar-refractivity contribution is -0.128. The Bertz CT molecular complexity index is 628. The maximum Gasteiger partial charge on any atom is 0.243 e. The minimum atomic E-state index is -0.739. The van der Waals surface area contributed by atoms with E-state index in [-0.39, 0.29) is 18.4 Å². The summed E-state index contributed by atoms with van der Waals surface area (Å²) in [5, 5.41) is 10.4. The van der Waals surface area contributed by atoms with Crippen LogP contribution in [0.2, 0.25) is 0 Å². The first-order valence-corrected chi connectivity index (χ1v) is 10.3. The highest BCUT2D eigenvalue weighted by Gasteiger charge is 2.18. The van der Waals surface area contributed by atoms with Crippen molar-refractivity contribution in [2.24, 2.45) is 0 Å². The monoisotopic (exact) mass is 408 g/mol. The molecule has 0 heterocycles. The fourth-order valence-corrected chi connectivity index (χ4v) is 3.09. The average Bonchev–Trinajstić information content (AvgIpc) is 2.69. The highest BCUT2D eigenvalue weighted by Crippen LogP contribution is 2.04. The normalized spacial score (nSPS) is 11.2. The second kappa shape index (κ2) is 14.5. The summed E-state index contributed by atoms with van der Waals surface area (Å²) in [6.07, 6.45) is 2.03. The molecule has 1 aromatic rings. The second-order valence-corrected chi connectivity index (χ2v) is 7.06. The predicted molar refractivity (Wildman–Crippen MR) is 110 cm³/mol. The number of thioether (sulfide) groups is 1. The van der Waals surface area contributed by atoms with Gasteiger partial charge in [-0.25, -0.2) is 0 Å². The van der Waals surface area contributed by atoms with Crippen molar-refractivity contribution in [1.29, 1.82) is 0 Å². The Morgan fingerprint density at radius 3 is 2.50 bits per heavy atom. The van der Waals surface area contributed by atoms with E-state index in [0.717, 1.165) is 17.7 Å². The molecule has 9 heteroatoms. The quantitative estimate of drug-likeness (QED) is 0.199. The van der Waals surface area contributed by atoms with E-state index in [1.54, 1.807) is 0 Å². The van der Waals surface area contributed by atoms with Crippen LogP contribution in [0.5, 0.6) is 0 Å². The minimum Gasteiger partial charge on any atom is -0.356 e. The Labute approximate surface area is 169 Å². The van der Waals surface area contributed by atoms with Gasteiger partial charge in [-0.2, -0.15) is 0 Å². The molecular formula is C19H28N4O4S. The van der Waals surface area contributed by atoms with Gasteiger partial charge in [0, 0.05) is 19.4 Å². The Balaban J connectivity index is 2.22. The van der Waals surface area contributed by atoms with E-state index in [9.17, 15) is 19.2 Å². The SMILES string of the molecule is CCNC(=O)CCCSCNC(=O)CNC(=O)C(Cc1ccccc1)NC=O. The maximum atomic E-state index is 12.2. The number of hydrogen-bond acceptors (Lipinski definition) is 5. The van der Waals surface area contributed by atoms with Gasteiger partial charge in [0.1, 0.15) is 6.04 Å². The number of carbonyl (C=O) groups is 4. The third kappa shape index (κ3) is 10.6. The van der Waals surface area contributed by atoms with Crippen molar-refractivity contribution in [1.82, 2.24) is 21.3 Å². The standard InChI is InChI=1S/C19H28N4O4S/c1-2-20-17(25)9-6-10-28-14-23-18(26)12-21-19(27)16(22-13-24)11-15-7-4-3-5-8-15/h3-5,7-8,13,16H,2,6,9-12,14H2,1H3,(H,20,25)(H,21,27)(H,22,24)(H,23,26). The molecule has 0 aromatic heterocycles. The molecule has 0 saturated heterocycles. The molecule has 0 bridgehead atoms. The van der Waals surface area contributed by atoms with Gasteiger partial charge in [-0.05, 0) is 24.7 Å². The Morgan fingerprint density at radius 2 is 1.82 bits per heavy atom. The van der Waals surface area contributed by atoms with Gasteiger partial charge >= 0.3 is 0 Å². The van der Waals surface area contributed by atoms with Crippen molar-refractivity contribution >= 4 is 35.9 Å². The Morgan fingerprint density at radius 1 is 1.07 bits per heavy atom. The van der Waals surface area contributed by atoms with E-state index in [1.807, 2.05) is 37.3 Å². The van der Waals surface area contributed by atoms with Crippen LogP contribution in [0.3, 0.4) is 0 Å². The number of benzene rings is 1. The number of amides is 4. The largest absolute Gasteiger partial charge is 0.356 e. The Kier molecular flexibility index (Phi) is 12.2. The van der Waals surface area contributed by atoms with Gasteiger partial charge in [0.05, 0.1) is 12.4 Å². The summed E-state index contributed by atoms with van der Waals surface area (Å²) in [4.78, 5) is 46.1. The molecule has 0 aliphatic rings. The van der Waals surface area contributed by atoms with Gasteiger partial charge in [-0.3, -0.25) is 19.2 Å². The van der Waals surface area contributed by atoms with E-state index in [2.05, 4.69) is 21.3 Å². The number of nitrogens with one attached hydrogen (secondary N) is 4. The van der Waals surface area contributed by atoms with Crippen LogP contribution in [0, 0.1) is 0 Å². The summed E-state index contributed by atoms with van der Waals surface area (Å²) in [5.41, 5.74) is 0.908. The van der Waals surface area contributed by atoms with Crippen LogP contribution in [0.1, 0.15) is 25.3 Å². The molecule has 0 radical (unpaired) electrons. The van der Waals surface area contributed by atoms with E-state index < -0.39 is 11.9 Å². The van der Waals surface area contributed by atoms with Gasteiger partial charge in [-0.15, -0.1) is 11.8 Å². The summed E-state index contributed by atoms with van der Waals surface area (Å²) in [7, 11) is 0. The third-order valence-electron chi connectivity index (χ3n) is 3.73. The van der Waals surface area contributed by atoms with Gasteiger partial charge in [0.25, 0.3) is 0 Å². The third-order valence-corrected chi connectivity index (χ3v) is 4.66. The molecule has 8 nitrogen and oxygen atoms in total. The molecule has 1 atom stereocenters. The summed E-state index contributed by atoms with van der Waals surface area (Å²) in [6.45, 7) is 2.34. The van der Waals surface area contributed by atoms with Crippen LogP contribution in [-0.4, -0.2) is 54.9 Å². The van der Waals surface area contributed by atoms with Gasteiger partial charge in [0.2, 0.25) is 24.1 Å². The molecule has 0 aliphatic carbocycles. The molecule has 28 heavy (non-hydrogen) atoms. The molecular weight excluding hydrogens is 380 g/mol. The Hall–Kier alpha value is -2.55. The average molecular weight is 409 g/mol. The molecule has 4 N–H and O–H groups in total. The van der Waals surface area contributed by atoms with Crippen molar-refractivity contribution in [3.8, 4) is 0 Å². The lowest BCUT2D eigenvalue weighted by atomic mass is 10.1. The van der Waals surface area contributed by atoms with Gasteiger partial charge in [0.15, 0.2) is 0 Å². The van der Waals surface area contributed by atoms with Crippen LogP contribution in [0.4, 0.5) is 0 Å². The van der Waals surface area contributed by atoms with Gasteiger partial charge in [-0.1, -0.05) is 30.3 Å². The lowest BCUT2D eigenvalue weighted by Crippen LogP contribution is -2.47. The van der Waals surface area contributed by atoms with E-state index in [4.69, 9.17) is 0 Å². The van der Waals surface area contributed by atoms with Crippen LogP contribution >= 0.6 is 11.8 Å². The lowest BCUT2D eigenvalue weighted by Gasteiger charge is -2.16. The van der Waals surface area contributed by atoms with E-state index in [1.165, 1.54) is 11.8 Å². The van der Waals surface area contributed by atoms with Crippen LogP contribution in [0.25, 0.3) is 0 Å². The smallest absolute Gasteiger partial charge is 0.243 e. The maximum absolute atomic E-state index is 12.2. The summed E-state index contributed by atoms with van der Waals surface area (Å²) < 4.78 is 0. The van der Waals surface area contributed by atoms with Crippen LogP contribution in [-0.2, 0) is 25.6 Å². The van der Waals surface area contributed by atoms with E-state index in [0.29, 0.717) is 31.7 Å². The molecule has 1 aromatic carbocycles. The highest BCUT2D eigenvalue weighted by molar-refractivity contribution is 7.99. The summed E-state index contributed by atoms with van der Waals surface area (Å²) in [6, 6.07) is 8.56. The molecule has 0 fully saturated rings. The molecule has 0 aliphatic heterocycles. The molecule has 0 saturated carbocycles.